The first-order valence-electron chi connectivity index (χ1n) is 10.9. The van der Waals surface area contributed by atoms with E-state index >= 15 is 0 Å². The van der Waals surface area contributed by atoms with Crippen molar-refractivity contribution in [2.45, 2.75) is 49.4 Å². The van der Waals surface area contributed by atoms with E-state index in [4.69, 9.17) is 24.6 Å². The molecule has 0 aliphatic carbocycles. The lowest BCUT2D eigenvalue weighted by molar-refractivity contribution is -0.141. The maximum Gasteiger partial charge on any atom is 0.417 e. The molecular formula is C22H22F3N3O6. The summed E-state index contributed by atoms with van der Waals surface area (Å²) in [6.07, 6.45) is -5.50. The molecule has 2 N–H and O–H groups in total. The number of rotatable bonds is 4. The van der Waals surface area contributed by atoms with Crippen LogP contribution in [0.2, 0.25) is 0 Å². The van der Waals surface area contributed by atoms with E-state index in [2.05, 4.69) is 5.32 Å². The minimum atomic E-state index is -4.77. The Morgan fingerprint density at radius 2 is 2.21 bits per heavy atom. The lowest BCUT2D eigenvalue weighted by Gasteiger charge is -2.42. The summed E-state index contributed by atoms with van der Waals surface area (Å²) in [6.45, 7) is 1.41. The average molecular weight is 481 g/mol. The van der Waals surface area contributed by atoms with Crippen molar-refractivity contribution in [3.05, 3.63) is 29.3 Å². The fourth-order valence-electron chi connectivity index (χ4n) is 6.16. The molecule has 5 rings (SSSR count). The summed E-state index contributed by atoms with van der Waals surface area (Å²) in [5, 5.41) is 20.7. The number of halogens is 3. The fourth-order valence-corrected chi connectivity index (χ4v) is 6.16. The molecule has 2 bridgehead atoms. The van der Waals surface area contributed by atoms with Gasteiger partial charge < -0.3 is 24.6 Å². The van der Waals surface area contributed by atoms with Crippen LogP contribution in [0.3, 0.4) is 0 Å². The van der Waals surface area contributed by atoms with Crippen molar-refractivity contribution in [3.8, 4) is 6.07 Å². The number of hydrogen-bond donors (Lipinski definition) is 2. The normalized spacial score (nSPS) is 35.8. The number of amides is 2. The van der Waals surface area contributed by atoms with Crippen LogP contribution >= 0.6 is 0 Å². The Hall–Kier alpha value is -2.88. The van der Waals surface area contributed by atoms with Crippen molar-refractivity contribution < 1.29 is 42.1 Å². The second kappa shape index (κ2) is 7.56. The number of carbonyl (C=O) groups excluding carboxylic acids is 2. The number of fused-ring (bicyclic) bond motifs is 2. The lowest BCUT2D eigenvalue weighted by Crippen LogP contribution is -2.58. The number of alkyl halides is 3. The Balaban J connectivity index is 1.51. The Morgan fingerprint density at radius 3 is 2.88 bits per heavy atom. The van der Waals surface area contributed by atoms with Crippen molar-refractivity contribution in [1.29, 1.82) is 5.26 Å². The number of anilines is 1. The first-order chi connectivity index (χ1) is 16.1. The predicted octanol–water partition coefficient (Wildman–Crippen LogP) is 1.92. The van der Waals surface area contributed by atoms with Crippen LogP contribution in [0.15, 0.2) is 18.2 Å². The molecule has 4 fully saturated rings. The first-order valence-corrected chi connectivity index (χ1v) is 10.9. The summed E-state index contributed by atoms with van der Waals surface area (Å²) in [5.74, 6) is -1.66. The second-order valence-electron chi connectivity index (χ2n) is 9.17. The van der Waals surface area contributed by atoms with Crippen molar-refractivity contribution in [1.82, 2.24) is 5.32 Å². The van der Waals surface area contributed by atoms with E-state index in [1.165, 1.54) is 17.0 Å². The summed E-state index contributed by atoms with van der Waals surface area (Å²) >= 11 is 0. The molecule has 0 saturated carbocycles. The highest BCUT2D eigenvalue weighted by Crippen LogP contribution is 2.65. The van der Waals surface area contributed by atoms with Gasteiger partial charge in [0, 0.05) is 24.4 Å². The first kappa shape index (κ1) is 22.9. The number of ether oxygens (including phenoxy) is 3. The van der Waals surface area contributed by atoms with E-state index < -0.39 is 64.6 Å². The highest BCUT2D eigenvalue weighted by molar-refractivity contribution is 6.00. The quantitative estimate of drug-likeness (QED) is 0.674. The van der Waals surface area contributed by atoms with E-state index in [1.807, 2.05) is 0 Å². The van der Waals surface area contributed by atoms with Crippen molar-refractivity contribution in [3.63, 3.8) is 0 Å². The topological polar surface area (TPSA) is 121 Å². The van der Waals surface area contributed by atoms with Crippen molar-refractivity contribution in [2.24, 2.45) is 11.8 Å². The Morgan fingerprint density at radius 1 is 1.44 bits per heavy atom. The van der Waals surface area contributed by atoms with Gasteiger partial charge in [-0.25, -0.2) is 4.79 Å². The molecule has 4 heterocycles. The largest absolute Gasteiger partial charge is 0.447 e. The van der Waals surface area contributed by atoms with E-state index in [1.54, 1.807) is 6.92 Å². The number of aliphatic hydroxyl groups excluding tert-OH is 1. The van der Waals surface area contributed by atoms with Crippen LogP contribution in [-0.4, -0.2) is 60.4 Å². The highest BCUT2D eigenvalue weighted by Gasteiger charge is 2.78. The van der Waals surface area contributed by atoms with Crippen molar-refractivity contribution in [2.75, 3.05) is 24.7 Å². The Kier molecular flexibility index (Phi) is 5.09. The van der Waals surface area contributed by atoms with E-state index in [-0.39, 0.29) is 25.5 Å². The SMILES string of the molecule is C[C@]12O[C@@]3(CCO[C@H]4[C@@H]3[C@@H]1C(=O)N4c1ccc(C#N)c(C(F)(F)F)c1)C[C@@H]2NC(=O)OCCO. The lowest BCUT2D eigenvalue weighted by atomic mass is 9.64. The molecule has 34 heavy (non-hydrogen) atoms. The third kappa shape index (κ3) is 3.10. The van der Waals surface area contributed by atoms with Gasteiger partial charge in [0.05, 0.1) is 53.6 Å². The number of carbonyl (C=O) groups is 2. The van der Waals surface area contributed by atoms with E-state index in [0.29, 0.717) is 12.8 Å². The summed E-state index contributed by atoms with van der Waals surface area (Å²) in [5.41, 5.74) is -3.59. The molecule has 4 aliphatic rings. The van der Waals surface area contributed by atoms with Crippen molar-refractivity contribution >= 4 is 17.7 Å². The molecule has 2 amide bonds. The summed E-state index contributed by atoms with van der Waals surface area (Å²) in [7, 11) is 0. The van der Waals surface area contributed by atoms with Gasteiger partial charge >= 0.3 is 12.3 Å². The van der Waals surface area contributed by atoms with Gasteiger partial charge in [0.15, 0.2) is 0 Å². The third-order valence-corrected chi connectivity index (χ3v) is 7.45. The summed E-state index contributed by atoms with van der Waals surface area (Å²) in [6, 6.07) is 4.12. The van der Waals surface area contributed by atoms with Gasteiger partial charge in [0.25, 0.3) is 0 Å². The molecule has 12 heteroatoms. The maximum absolute atomic E-state index is 13.7. The number of nitrogens with one attached hydrogen (secondary N) is 1. The highest BCUT2D eigenvalue weighted by atomic mass is 19.4. The van der Waals surface area contributed by atoms with Gasteiger partial charge in [-0.15, -0.1) is 0 Å². The maximum atomic E-state index is 13.7. The van der Waals surface area contributed by atoms with Crippen LogP contribution in [0.4, 0.5) is 23.7 Å². The molecular weight excluding hydrogens is 459 g/mol. The zero-order valence-corrected chi connectivity index (χ0v) is 18.1. The molecule has 9 nitrogen and oxygen atoms in total. The Labute approximate surface area is 192 Å². The van der Waals surface area contributed by atoms with Gasteiger partial charge in [0.2, 0.25) is 5.91 Å². The molecule has 0 aromatic heterocycles. The molecule has 4 saturated heterocycles. The average Bonchev–Trinajstić information content (AvgIpc) is 3.34. The molecule has 0 unspecified atom stereocenters. The van der Waals surface area contributed by atoms with Crippen LogP contribution < -0.4 is 10.2 Å². The van der Waals surface area contributed by atoms with E-state index in [0.717, 1.165) is 12.1 Å². The fraction of sp³-hybridized carbons (Fsp3) is 0.591. The Bertz CT molecular complexity index is 1090. The molecule has 4 aliphatic heterocycles. The van der Waals surface area contributed by atoms with Gasteiger partial charge in [-0.3, -0.25) is 9.69 Å². The summed E-state index contributed by atoms with van der Waals surface area (Å²) in [4.78, 5) is 27.1. The van der Waals surface area contributed by atoms with Crippen LogP contribution in [0.25, 0.3) is 0 Å². The van der Waals surface area contributed by atoms with Crippen LogP contribution in [0.1, 0.15) is 30.9 Å². The standard InChI is InChI=1S/C22H22F3N3O6/c1-20-14(27-19(31)33-7-5-29)9-21(34-20)4-6-32-18-16(21)15(20)17(30)28(18)12-3-2-11(10-26)13(8-12)22(23,24)25/h2-3,8,14-16,18,29H,4-7,9H2,1H3,(H,27,31)/t14-,15+,16-,18-,20+,21-/m0/s1. The van der Waals surface area contributed by atoms with Crippen LogP contribution in [0.5, 0.6) is 0 Å². The number of alkyl carbamates (subject to hydrolysis) is 1. The molecule has 1 aromatic rings. The zero-order chi connectivity index (χ0) is 24.5. The smallest absolute Gasteiger partial charge is 0.417 e. The molecule has 1 aromatic carbocycles. The number of nitrogens with zero attached hydrogens (tertiary/aromatic N) is 2. The van der Waals surface area contributed by atoms with E-state index in [9.17, 15) is 22.8 Å². The summed E-state index contributed by atoms with van der Waals surface area (Å²) < 4.78 is 57.9. The molecule has 0 radical (unpaired) electrons. The van der Waals surface area contributed by atoms with Gasteiger partial charge in [-0.2, -0.15) is 18.4 Å². The minimum absolute atomic E-state index is 0.0114. The number of nitriles is 1. The monoisotopic (exact) mass is 481 g/mol. The molecule has 1 spiro atoms. The zero-order valence-electron chi connectivity index (χ0n) is 18.1. The van der Waals surface area contributed by atoms with Gasteiger partial charge in [0.1, 0.15) is 12.8 Å². The van der Waals surface area contributed by atoms with Gasteiger partial charge in [-0.1, -0.05) is 0 Å². The molecule has 182 valence electrons. The second-order valence-corrected chi connectivity index (χ2v) is 9.17. The van der Waals surface area contributed by atoms with Crippen LogP contribution in [-0.2, 0) is 25.2 Å². The minimum Gasteiger partial charge on any atom is -0.447 e. The molecule has 6 atom stereocenters. The predicted molar refractivity (Wildman–Crippen MR) is 107 cm³/mol. The third-order valence-electron chi connectivity index (χ3n) is 7.45. The number of aliphatic hydroxyl groups is 1. The van der Waals surface area contributed by atoms with Gasteiger partial charge in [-0.05, 0) is 25.1 Å². The number of benzene rings is 1. The number of hydrogen-bond acceptors (Lipinski definition) is 7. The van der Waals surface area contributed by atoms with Crippen LogP contribution in [0, 0.1) is 23.2 Å².